The van der Waals surface area contributed by atoms with Crippen LogP contribution in [0.15, 0.2) is 48.0 Å². The Morgan fingerprint density at radius 3 is 2.34 bits per heavy atom. The summed E-state index contributed by atoms with van der Waals surface area (Å²) in [6, 6.07) is 13.6. The first-order chi connectivity index (χ1) is 13.8. The number of anilines is 2. The van der Waals surface area contributed by atoms with Crippen LogP contribution in [0.1, 0.15) is 37.0 Å². The van der Waals surface area contributed by atoms with Crippen molar-refractivity contribution >= 4 is 29.3 Å². The van der Waals surface area contributed by atoms with Crippen molar-refractivity contribution in [2.75, 3.05) is 23.5 Å². The van der Waals surface area contributed by atoms with Crippen LogP contribution in [0.4, 0.5) is 11.4 Å². The molecule has 0 bridgehead atoms. The first-order valence-corrected chi connectivity index (χ1v) is 10.0. The molecule has 0 aliphatic carbocycles. The largest absolute Gasteiger partial charge is 0.375 e. The minimum atomic E-state index is -0.383. The first kappa shape index (κ1) is 20.6. The van der Waals surface area contributed by atoms with Crippen LogP contribution in [0, 0.1) is 19.8 Å². The van der Waals surface area contributed by atoms with Gasteiger partial charge in [-0.05, 0) is 73.2 Å². The Morgan fingerprint density at radius 2 is 1.72 bits per heavy atom. The third-order valence-corrected chi connectivity index (χ3v) is 5.33. The van der Waals surface area contributed by atoms with Crippen molar-refractivity contribution in [1.29, 1.82) is 0 Å². The van der Waals surface area contributed by atoms with Gasteiger partial charge in [0, 0.05) is 19.3 Å². The molecule has 5 heteroatoms. The maximum atomic E-state index is 12.8. The van der Waals surface area contributed by atoms with Crippen molar-refractivity contribution in [1.82, 2.24) is 5.43 Å². The molecule has 5 nitrogen and oxygen atoms in total. The van der Waals surface area contributed by atoms with E-state index >= 15 is 0 Å². The quantitative estimate of drug-likeness (QED) is 0.592. The summed E-state index contributed by atoms with van der Waals surface area (Å²) >= 11 is 0. The highest BCUT2D eigenvalue weighted by molar-refractivity contribution is 6.31. The molecule has 0 spiro atoms. The lowest BCUT2D eigenvalue weighted by Gasteiger charge is -2.20. The van der Waals surface area contributed by atoms with Crippen LogP contribution in [-0.2, 0) is 9.59 Å². The van der Waals surface area contributed by atoms with E-state index in [1.807, 2.05) is 56.3 Å². The number of benzene rings is 2. The molecule has 0 unspecified atom stereocenters. The smallest absolute Gasteiger partial charge is 0.282 e. The summed E-state index contributed by atoms with van der Waals surface area (Å²) in [7, 11) is 2.07. The summed E-state index contributed by atoms with van der Waals surface area (Å²) in [6.07, 6.45) is 2.78. The van der Waals surface area contributed by atoms with Crippen LogP contribution in [0.5, 0.6) is 0 Å². The van der Waals surface area contributed by atoms with E-state index in [0.29, 0.717) is 11.6 Å². The molecule has 1 heterocycles. The molecule has 1 N–H and O–H groups in total. The molecule has 1 fully saturated rings. The zero-order valence-corrected chi connectivity index (χ0v) is 17.8. The van der Waals surface area contributed by atoms with E-state index in [1.54, 1.807) is 6.08 Å². The molecule has 0 atom stereocenters. The Balaban J connectivity index is 1.77. The first-order valence-electron chi connectivity index (χ1n) is 10.0. The maximum Gasteiger partial charge on any atom is 0.282 e. The van der Waals surface area contributed by atoms with E-state index in [4.69, 9.17) is 0 Å². The molecule has 2 aromatic carbocycles. The van der Waals surface area contributed by atoms with Gasteiger partial charge in [-0.3, -0.25) is 15.0 Å². The Hall–Kier alpha value is -3.08. The Bertz CT molecular complexity index is 945. The topological polar surface area (TPSA) is 52.7 Å². The number of carbonyl (C=O) groups excluding carboxylic acids is 2. The molecule has 0 aromatic heterocycles. The van der Waals surface area contributed by atoms with Crippen molar-refractivity contribution in [2.45, 2.75) is 34.1 Å². The molecule has 2 aromatic rings. The highest BCUT2D eigenvalue weighted by Crippen LogP contribution is 2.24. The van der Waals surface area contributed by atoms with Gasteiger partial charge in [-0.15, -0.1) is 0 Å². The minimum Gasteiger partial charge on any atom is -0.375 e. The number of nitrogens with zero attached hydrogens (tertiary/aromatic N) is 2. The number of hydrogen-bond acceptors (Lipinski definition) is 3. The lowest BCUT2D eigenvalue weighted by Crippen LogP contribution is -2.35. The third kappa shape index (κ3) is 4.67. The zero-order valence-electron chi connectivity index (χ0n) is 17.8. The second-order valence-corrected chi connectivity index (χ2v) is 8.10. The van der Waals surface area contributed by atoms with Gasteiger partial charge in [-0.25, -0.2) is 5.01 Å². The number of amides is 2. The summed E-state index contributed by atoms with van der Waals surface area (Å²) in [6.45, 7) is 9.42. The molecule has 1 saturated heterocycles. The lowest BCUT2D eigenvalue weighted by atomic mass is 10.1. The Kier molecular flexibility index (Phi) is 6.06. The van der Waals surface area contributed by atoms with Gasteiger partial charge in [0.05, 0.1) is 5.69 Å². The highest BCUT2D eigenvalue weighted by atomic mass is 16.2. The van der Waals surface area contributed by atoms with Crippen LogP contribution in [0.3, 0.4) is 0 Å². The number of nitrogens with one attached hydrogen (secondary N) is 1. The van der Waals surface area contributed by atoms with Crippen molar-refractivity contribution < 1.29 is 9.59 Å². The fraction of sp³-hybridized carbons (Fsp3) is 0.333. The zero-order chi connectivity index (χ0) is 21.1. The molecule has 0 radical (unpaired) electrons. The average Bonchev–Trinajstić information content (AvgIpc) is 2.97. The van der Waals surface area contributed by atoms with Gasteiger partial charge < -0.3 is 4.90 Å². The van der Waals surface area contributed by atoms with E-state index in [2.05, 4.69) is 31.2 Å². The minimum absolute atomic E-state index is 0.143. The average molecular weight is 392 g/mol. The molecule has 0 saturated carbocycles. The molecular weight excluding hydrogens is 362 g/mol. The van der Waals surface area contributed by atoms with Gasteiger partial charge in [0.1, 0.15) is 5.57 Å². The number of hydrogen-bond donors (Lipinski definition) is 1. The lowest BCUT2D eigenvalue weighted by molar-refractivity contribution is -0.117. The fourth-order valence-electron chi connectivity index (χ4n) is 3.18. The molecule has 2 amide bonds. The van der Waals surface area contributed by atoms with Gasteiger partial charge in [-0.2, -0.15) is 0 Å². The standard InChI is InChI=1S/C24H29N3O2/c1-16(2)12-13-26(5)20-10-7-19(8-11-20)15-22-23(28)25-27(24(22)29)21-9-6-17(3)18(4)14-21/h6-11,14-16H,12-13H2,1-5H3,(H,25,28). The van der Waals surface area contributed by atoms with Gasteiger partial charge >= 0.3 is 0 Å². The summed E-state index contributed by atoms with van der Waals surface area (Å²) in [5.41, 5.74) is 7.62. The molecule has 152 valence electrons. The van der Waals surface area contributed by atoms with Crippen molar-refractivity contribution in [3.05, 3.63) is 64.7 Å². The van der Waals surface area contributed by atoms with Crippen LogP contribution in [-0.4, -0.2) is 25.4 Å². The van der Waals surface area contributed by atoms with Gasteiger partial charge in [0.2, 0.25) is 0 Å². The number of carbonyl (C=O) groups is 2. The van der Waals surface area contributed by atoms with E-state index < -0.39 is 0 Å². The normalized spacial score (nSPS) is 15.4. The summed E-state index contributed by atoms with van der Waals surface area (Å²) < 4.78 is 0. The van der Waals surface area contributed by atoms with Crippen molar-refractivity contribution in [3.63, 3.8) is 0 Å². The molecule has 3 rings (SSSR count). The van der Waals surface area contributed by atoms with Crippen LogP contribution < -0.4 is 15.3 Å². The van der Waals surface area contributed by atoms with E-state index in [1.165, 1.54) is 5.01 Å². The second-order valence-electron chi connectivity index (χ2n) is 8.10. The highest BCUT2D eigenvalue weighted by Gasteiger charge is 2.34. The number of hydrazine groups is 1. The second kappa shape index (κ2) is 8.52. The van der Waals surface area contributed by atoms with E-state index in [0.717, 1.165) is 35.3 Å². The number of rotatable bonds is 6. The van der Waals surface area contributed by atoms with Crippen LogP contribution in [0.2, 0.25) is 0 Å². The molecule has 1 aliphatic rings. The van der Waals surface area contributed by atoms with Crippen LogP contribution in [0.25, 0.3) is 6.08 Å². The predicted molar refractivity (Wildman–Crippen MR) is 119 cm³/mol. The van der Waals surface area contributed by atoms with Gasteiger partial charge in [-0.1, -0.05) is 32.0 Å². The van der Waals surface area contributed by atoms with Gasteiger partial charge in [0.25, 0.3) is 11.8 Å². The third-order valence-electron chi connectivity index (χ3n) is 5.33. The Labute approximate surface area is 173 Å². The SMILES string of the molecule is Cc1ccc(N2NC(=O)C(=Cc3ccc(N(C)CCC(C)C)cc3)C2=O)cc1C. The maximum absolute atomic E-state index is 12.8. The predicted octanol–water partition coefficient (Wildman–Crippen LogP) is 4.25. The van der Waals surface area contributed by atoms with Gasteiger partial charge in [0.15, 0.2) is 0 Å². The van der Waals surface area contributed by atoms with E-state index in [-0.39, 0.29) is 17.4 Å². The van der Waals surface area contributed by atoms with E-state index in [9.17, 15) is 9.59 Å². The molecule has 1 aliphatic heterocycles. The summed E-state index contributed by atoms with van der Waals surface area (Å²) in [4.78, 5) is 27.4. The summed E-state index contributed by atoms with van der Waals surface area (Å²) in [5.74, 6) is -0.0589. The van der Waals surface area contributed by atoms with Crippen molar-refractivity contribution in [2.24, 2.45) is 5.92 Å². The Morgan fingerprint density at radius 1 is 1.03 bits per heavy atom. The molecular formula is C24H29N3O2. The summed E-state index contributed by atoms with van der Waals surface area (Å²) in [5, 5.41) is 1.31. The number of aryl methyl sites for hydroxylation is 2. The van der Waals surface area contributed by atoms with Crippen molar-refractivity contribution in [3.8, 4) is 0 Å². The monoisotopic (exact) mass is 391 g/mol. The van der Waals surface area contributed by atoms with Crippen LogP contribution >= 0.6 is 0 Å². The molecule has 29 heavy (non-hydrogen) atoms. The fourth-order valence-corrected chi connectivity index (χ4v) is 3.18.